The fourth-order valence-corrected chi connectivity index (χ4v) is 1.03. The summed E-state index contributed by atoms with van der Waals surface area (Å²) in [5, 5.41) is 0. The van der Waals surface area contributed by atoms with E-state index in [1.54, 1.807) is 0 Å². The lowest BCUT2D eigenvalue weighted by Crippen LogP contribution is -2.20. The fraction of sp³-hybridized carbons (Fsp3) is 0.286. The summed E-state index contributed by atoms with van der Waals surface area (Å²) < 4.78 is 24.6. The third kappa shape index (κ3) is 1.83. The van der Waals surface area contributed by atoms with Crippen molar-refractivity contribution in [1.29, 1.82) is 0 Å². The number of nitrogen functional groups attached to an aromatic ring is 1. The Morgan fingerprint density at radius 1 is 1.54 bits per heavy atom. The van der Waals surface area contributed by atoms with E-state index in [-0.39, 0.29) is 17.9 Å². The number of H-pyrrole nitrogens is 1. The lowest BCUT2D eigenvalue weighted by molar-refractivity contribution is 0.150. The normalized spacial score (nSPS) is 10.8. The van der Waals surface area contributed by atoms with Gasteiger partial charge in [-0.25, -0.2) is 8.78 Å². The molecule has 0 radical (unpaired) electrons. The second-order valence-electron chi connectivity index (χ2n) is 2.49. The molecule has 1 heterocycles. The van der Waals surface area contributed by atoms with E-state index in [9.17, 15) is 13.6 Å². The van der Waals surface area contributed by atoms with Gasteiger partial charge in [-0.1, -0.05) is 0 Å². The first-order valence-electron chi connectivity index (χ1n) is 3.56. The highest BCUT2D eigenvalue weighted by Crippen LogP contribution is 2.21. The van der Waals surface area contributed by atoms with Gasteiger partial charge < -0.3 is 16.5 Å². The number of alkyl halides is 2. The molecule has 72 valence electrons. The van der Waals surface area contributed by atoms with Crippen LogP contribution in [0.25, 0.3) is 0 Å². The third-order valence-electron chi connectivity index (χ3n) is 1.63. The van der Waals surface area contributed by atoms with Crippen molar-refractivity contribution in [3.05, 3.63) is 27.5 Å². The number of hydrogen-bond donors (Lipinski definition) is 3. The van der Waals surface area contributed by atoms with Crippen LogP contribution in [0, 0.1) is 0 Å². The Balaban J connectivity index is 3.38. The molecule has 0 aliphatic rings. The van der Waals surface area contributed by atoms with Gasteiger partial charge in [0.15, 0.2) is 0 Å². The molecule has 0 aliphatic heterocycles. The molecule has 0 saturated heterocycles. The second-order valence-corrected chi connectivity index (χ2v) is 2.49. The van der Waals surface area contributed by atoms with Gasteiger partial charge in [0.2, 0.25) is 0 Å². The van der Waals surface area contributed by atoms with E-state index in [2.05, 4.69) is 4.98 Å². The van der Waals surface area contributed by atoms with Crippen LogP contribution >= 0.6 is 0 Å². The van der Waals surface area contributed by atoms with Gasteiger partial charge in [0.25, 0.3) is 12.0 Å². The lowest BCUT2D eigenvalue weighted by Gasteiger charge is -2.06. The van der Waals surface area contributed by atoms with Gasteiger partial charge in [0, 0.05) is 17.7 Å². The molecule has 0 aromatic carbocycles. The Bertz CT molecular complexity index is 361. The quantitative estimate of drug-likeness (QED) is 0.627. The monoisotopic (exact) mass is 189 g/mol. The van der Waals surface area contributed by atoms with Crippen molar-refractivity contribution in [3.8, 4) is 0 Å². The standard InChI is InChI=1S/C7H9F2N3O/c8-6(9)3-1-5(11)12-7(13)4(3)2-10/h1,6H,2,10H2,(H3,11,12,13). The minimum absolute atomic E-state index is 0.0856. The van der Waals surface area contributed by atoms with Crippen LogP contribution in [0.3, 0.4) is 0 Å². The molecule has 13 heavy (non-hydrogen) atoms. The van der Waals surface area contributed by atoms with Crippen molar-refractivity contribution < 1.29 is 8.78 Å². The molecule has 0 fully saturated rings. The van der Waals surface area contributed by atoms with Crippen molar-refractivity contribution in [2.75, 3.05) is 5.73 Å². The number of rotatable bonds is 2. The summed E-state index contributed by atoms with van der Waals surface area (Å²) >= 11 is 0. The van der Waals surface area contributed by atoms with E-state index in [0.29, 0.717) is 0 Å². The molecular weight excluding hydrogens is 180 g/mol. The van der Waals surface area contributed by atoms with Gasteiger partial charge in [-0.05, 0) is 6.07 Å². The van der Waals surface area contributed by atoms with Gasteiger partial charge >= 0.3 is 0 Å². The molecule has 1 aromatic heterocycles. The summed E-state index contributed by atoms with van der Waals surface area (Å²) in [6.45, 7) is -0.227. The summed E-state index contributed by atoms with van der Waals surface area (Å²) in [5.41, 5.74) is 9.16. The molecule has 0 saturated carbocycles. The van der Waals surface area contributed by atoms with Crippen LogP contribution in [0.15, 0.2) is 10.9 Å². The molecule has 4 nitrogen and oxygen atoms in total. The van der Waals surface area contributed by atoms with Crippen LogP contribution in [0.5, 0.6) is 0 Å². The number of halogens is 2. The fourth-order valence-electron chi connectivity index (χ4n) is 1.03. The highest BCUT2D eigenvalue weighted by molar-refractivity contribution is 5.37. The number of aromatic nitrogens is 1. The zero-order valence-electron chi connectivity index (χ0n) is 6.68. The number of nitrogens with one attached hydrogen (secondary N) is 1. The first-order valence-corrected chi connectivity index (χ1v) is 3.56. The van der Waals surface area contributed by atoms with Crippen molar-refractivity contribution in [1.82, 2.24) is 4.98 Å². The first-order chi connectivity index (χ1) is 6.06. The number of pyridine rings is 1. The maximum atomic E-state index is 12.3. The van der Waals surface area contributed by atoms with Crippen molar-refractivity contribution in [3.63, 3.8) is 0 Å². The van der Waals surface area contributed by atoms with E-state index < -0.39 is 17.5 Å². The Morgan fingerprint density at radius 2 is 2.15 bits per heavy atom. The van der Waals surface area contributed by atoms with E-state index in [1.165, 1.54) is 0 Å². The predicted octanol–water partition coefficient (Wildman–Crippen LogP) is 0.353. The number of nitrogens with two attached hydrogens (primary N) is 2. The Kier molecular flexibility index (Phi) is 2.62. The van der Waals surface area contributed by atoms with Crippen LogP contribution in [-0.2, 0) is 6.54 Å². The van der Waals surface area contributed by atoms with E-state index in [0.717, 1.165) is 6.07 Å². The Labute approximate surface area is 72.6 Å². The summed E-state index contributed by atoms with van der Waals surface area (Å²) in [7, 11) is 0. The summed E-state index contributed by atoms with van der Waals surface area (Å²) in [5.74, 6) is -0.0856. The molecule has 6 heteroatoms. The Morgan fingerprint density at radius 3 is 2.62 bits per heavy atom. The molecule has 0 atom stereocenters. The molecule has 0 unspecified atom stereocenters. The van der Waals surface area contributed by atoms with Crippen molar-refractivity contribution in [2.24, 2.45) is 5.73 Å². The molecule has 5 N–H and O–H groups in total. The minimum atomic E-state index is -2.73. The predicted molar refractivity (Wildman–Crippen MR) is 44.3 cm³/mol. The molecule has 1 rings (SSSR count). The average Bonchev–Trinajstić information content (AvgIpc) is 2.02. The lowest BCUT2D eigenvalue weighted by atomic mass is 10.1. The summed E-state index contributed by atoms with van der Waals surface area (Å²) in [6.07, 6.45) is -2.73. The van der Waals surface area contributed by atoms with Crippen molar-refractivity contribution >= 4 is 5.82 Å². The van der Waals surface area contributed by atoms with Crippen LogP contribution in [0.4, 0.5) is 14.6 Å². The molecule has 1 aromatic rings. The largest absolute Gasteiger partial charge is 0.385 e. The first kappa shape index (κ1) is 9.66. The van der Waals surface area contributed by atoms with Gasteiger partial charge in [-0.3, -0.25) is 4.79 Å². The average molecular weight is 189 g/mol. The third-order valence-corrected chi connectivity index (χ3v) is 1.63. The second kappa shape index (κ2) is 3.53. The number of aromatic amines is 1. The van der Waals surface area contributed by atoms with Gasteiger partial charge in [-0.15, -0.1) is 0 Å². The Hall–Kier alpha value is -1.43. The van der Waals surface area contributed by atoms with Gasteiger partial charge in [0.1, 0.15) is 5.82 Å². The van der Waals surface area contributed by atoms with E-state index >= 15 is 0 Å². The highest BCUT2D eigenvalue weighted by atomic mass is 19.3. The number of hydrogen-bond acceptors (Lipinski definition) is 3. The molecule has 0 aliphatic carbocycles. The van der Waals surface area contributed by atoms with Crippen LogP contribution in [0.1, 0.15) is 17.6 Å². The number of anilines is 1. The molecular formula is C7H9F2N3O. The SMILES string of the molecule is NCc1c(C(F)F)cc(N)[nH]c1=O. The molecule has 0 amide bonds. The van der Waals surface area contributed by atoms with Crippen LogP contribution < -0.4 is 17.0 Å². The zero-order valence-corrected chi connectivity index (χ0v) is 6.68. The smallest absolute Gasteiger partial charge is 0.264 e. The van der Waals surface area contributed by atoms with Crippen molar-refractivity contribution in [2.45, 2.75) is 13.0 Å². The summed E-state index contributed by atoms with van der Waals surface area (Å²) in [6, 6.07) is 1.02. The maximum Gasteiger partial charge on any atom is 0.264 e. The van der Waals surface area contributed by atoms with E-state index in [4.69, 9.17) is 11.5 Å². The highest BCUT2D eigenvalue weighted by Gasteiger charge is 2.15. The molecule has 0 spiro atoms. The zero-order chi connectivity index (χ0) is 10.0. The maximum absolute atomic E-state index is 12.3. The van der Waals surface area contributed by atoms with Crippen LogP contribution in [-0.4, -0.2) is 4.98 Å². The summed E-state index contributed by atoms with van der Waals surface area (Å²) in [4.78, 5) is 13.2. The topological polar surface area (TPSA) is 84.9 Å². The minimum Gasteiger partial charge on any atom is -0.385 e. The molecule has 0 bridgehead atoms. The van der Waals surface area contributed by atoms with Gasteiger partial charge in [0.05, 0.1) is 0 Å². The van der Waals surface area contributed by atoms with E-state index in [1.807, 2.05) is 0 Å². The van der Waals surface area contributed by atoms with Crippen LogP contribution in [0.2, 0.25) is 0 Å². The van der Waals surface area contributed by atoms with Gasteiger partial charge in [-0.2, -0.15) is 0 Å².